The Morgan fingerprint density at radius 3 is 2.38 bits per heavy atom. The summed E-state index contributed by atoms with van der Waals surface area (Å²) in [6.45, 7) is 4.73. The van der Waals surface area contributed by atoms with Gasteiger partial charge >= 0.3 is 0 Å². The Hall–Kier alpha value is -0.860. The monoisotopic (exact) mass is 221 g/mol. The molecule has 0 aliphatic carbocycles. The van der Waals surface area contributed by atoms with Crippen LogP contribution in [-0.2, 0) is 6.42 Å². The van der Waals surface area contributed by atoms with Crippen LogP contribution in [0.5, 0.6) is 0 Å². The van der Waals surface area contributed by atoms with Crippen molar-refractivity contribution >= 4 is 0 Å². The largest absolute Gasteiger partial charge is 0.393 e. The second-order valence-corrected chi connectivity index (χ2v) is 4.50. The van der Waals surface area contributed by atoms with Crippen molar-refractivity contribution in [2.75, 3.05) is 6.54 Å². The molecule has 0 saturated heterocycles. The molecule has 2 nitrogen and oxygen atoms in total. The highest BCUT2D eigenvalue weighted by molar-refractivity contribution is 5.21. The van der Waals surface area contributed by atoms with Gasteiger partial charge in [0.1, 0.15) is 0 Å². The van der Waals surface area contributed by atoms with Crippen LogP contribution >= 0.6 is 0 Å². The van der Waals surface area contributed by atoms with Crippen molar-refractivity contribution in [3.63, 3.8) is 0 Å². The predicted molar refractivity (Wildman–Crippen MR) is 68.3 cm³/mol. The minimum absolute atomic E-state index is 0.241. The summed E-state index contributed by atoms with van der Waals surface area (Å²) in [5.74, 6) is 0.241. The minimum atomic E-state index is -0.267. The Balaban J connectivity index is 2.42. The second kappa shape index (κ2) is 6.66. The van der Waals surface area contributed by atoms with Crippen molar-refractivity contribution in [3.8, 4) is 0 Å². The van der Waals surface area contributed by atoms with Crippen molar-refractivity contribution in [3.05, 3.63) is 35.4 Å². The maximum absolute atomic E-state index is 9.94. The highest BCUT2D eigenvalue weighted by atomic mass is 16.3. The van der Waals surface area contributed by atoms with E-state index >= 15 is 0 Å². The summed E-state index contributed by atoms with van der Waals surface area (Å²) in [7, 11) is 0. The predicted octanol–water partition coefficient (Wildman–Crippen LogP) is 2.27. The Morgan fingerprint density at radius 1 is 1.25 bits per heavy atom. The van der Waals surface area contributed by atoms with Crippen LogP contribution in [0, 0.1) is 12.8 Å². The van der Waals surface area contributed by atoms with Gasteiger partial charge in [-0.1, -0.05) is 36.8 Å². The second-order valence-electron chi connectivity index (χ2n) is 4.50. The van der Waals surface area contributed by atoms with E-state index in [2.05, 4.69) is 38.1 Å². The van der Waals surface area contributed by atoms with Gasteiger partial charge in [-0.2, -0.15) is 0 Å². The third kappa shape index (κ3) is 3.95. The minimum Gasteiger partial charge on any atom is -0.393 e. The van der Waals surface area contributed by atoms with Crippen LogP contribution < -0.4 is 5.73 Å². The lowest BCUT2D eigenvalue weighted by atomic mass is 9.94. The molecule has 3 N–H and O–H groups in total. The molecule has 0 aliphatic rings. The molecule has 1 rings (SSSR count). The summed E-state index contributed by atoms with van der Waals surface area (Å²) >= 11 is 0. The average Bonchev–Trinajstić information content (AvgIpc) is 2.30. The normalized spacial score (nSPS) is 14.8. The molecule has 0 saturated carbocycles. The molecule has 0 spiro atoms. The fourth-order valence-corrected chi connectivity index (χ4v) is 1.90. The maximum Gasteiger partial charge on any atom is 0.0583 e. The Labute approximate surface area is 98.5 Å². The third-order valence-corrected chi connectivity index (χ3v) is 3.22. The first-order valence-electron chi connectivity index (χ1n) is 6.11. The van der Waals surface area contributed by atoms with Crippen LogP contribution in [0.2, 0.25) is 0 Å². The first-order valence-corrected chi connectivity index (χ1v) is 6.11. The first kappa shape index (κ1) is 13.2. The average molecular weight is 221 g/mol. The zero-order chi connectivity index (χ0) is 12.0. The number of rotatable bonds is 6. The van der Waals surface area contributed by atoms with Crippen LogP contribution in [-0.4, -0.2) is 17.8 Å². The molecule has 0 aliphatic heterocycles. The molecule has 0 fully saturated rings. The van der Waals surface area contributed by atoms with E-state index in [-0.39, 0.29) is 12.0 Å². The standard InChI is InChI=1S/C14H23NO/c1-3-13(10-15)14(16)9-8-12-6-4-11(2)5-7-12/h4-7,13-14,16H,3,8-10,15H2,1-2H3. The maximum atomic E-state index is 9.94. The highest BCUT2D eigenvalue weighted by Crippen LogP contribution is 2.14. The molecule has 0 heterocycles. The van der Waals surface area contributed by atoms with Crippen LogP contribution in [0.3, 0.4) is 0 Å². The summed E-state index contributed by atoms with van der Waals surface area (Å²) in [6.07, 6.45) is 2.42. The summed E-state index contributed by atoms with van der Waals surface area (Å²) in [6, 6.07) is 8.49. The lowest BCUT2D eigenvalue weighted by Crippen LogP contribution is -2.27. The molecular formula is C14H23NO. The van der Waals surface area contributed by atoms with Crippen molar-refractivity contribution in [2.45, 2.75) is 39.2 Å². The SMILES string of the molecule is CCC(CN)C(O)CCc1ccc(C)cc1. The number of aliphatic hydroxyl groups is 1. The number of hydrogen-bond donors (Lipinski definition) is 2. The Kier molecular flexibility index (Phi) is 5.50. The Morgan fingerprint density at radius 2 is 1.88 bits per heavy atom. The van der Waals surface area contributed by atoms with E-state index in [9.17, 15) is 5.11 Å². The summed E-state index contributed by atoms with van der Waals surface area (Å²) < 4.78 is 0. The molecule has 1 aromatic rings. The van der Waals surface area contributed by atoms with Gasteiger partial charge in [0.05, 0.1) is 6.10 Å². The van der Waals surface area contributed by atoms with Gasteiger partial charge in [0.2, 0.25) is 0 Å². The van der Waals surface area contributed by atoms with Gasteiger partial charge in [0.25, 0.3) is 0 Å². The molecule has 2 heteroatoms. The van der Waals surface area contributed by atoms with Crippen LogP contribution in [0.15, 0.2) is 24.3 Å². The number of nitrogens with two attached hydrogens (primary N) is 1. The van der Waals surface area contributed by atoms with Crippen LogP contribution in [0.25, 0.3) is 0 Å². The lowest BCUT2D eigenvalue weighted by Gasteiger charge is -2.19. The molecule has 0 aromatic heterocycles. The number of aliphatic hydroxyl groups excluding tert-OH is 1. The number of benzene rings is 1. The zero-order valence-corrected chi connectivity index (χ0v) is 10.3. The summed E-state index contributed by atoms with van der Waals surface area (Å²) in [5.41, 5.74) is 8.18. The van der Waals surface area contributed by atoms with E-state index < -0.39 is 0 Å². The third-order valence-electron chi connectivity index (χ3n) is 3.22. The van der Waals surface area contributed by atoms with Gasteiger partial charge in [-0.15, -0.1) is 0 Å². The Bertz CT molecular complexity index is 290. The van der Waals surface area contributed by atoms with E-state index in [1.807, 2.05) is 0 Å². The van der Waals surface area contributed by atoms with E-state index in [4.69, 9.17) is 5.73 Å². The fourth-order valence-electron chi connectivity index (χ4n) is 1.90. The van der Waals surface area contributed by atoms with Gasteiger partial charge in [-0.25, -0.2) is 0 Å². The van der Waals surface area contributed by atoms with E-state index in [1.54, 1.807) is 0 Å². The van der Waals surface area contributed by atoms with Crippen molar-refractivity contribution in [1.82, 2.24) is 0 Å². The van der Waals surface area contributed by atoms with Gasteiger partial charge < -0.3 is 10.8 Å². The first-order chi connectivity index (χ1) is 7.67. The topological polar surface area (TPSA) is 46.2 Å². The van der Waals surface area contributed by atoms with Crippen LogP contribution in [0.4, 0.5) is 0 Å². The molecule has 0 bridgehead atoms. The lowest BCUT2D eigenvalue weighted by molar-refractivity contribution is 0.101. The zero-order valence-electron chi connectivity index (χ0n) is 10.3. The summed E-state index contributed by atoms with van der Waals surface area (Å²) in [4.78, 5) is 0. The molecule has 1 aromatic carbocycles. The number of hydrogen-bond acceptors (Lipinski definition) is 2. The molecule has 90 valence electrons. The number of aryl methyl sites for hydroxylation is 2. The molecule has 2 unspecified atom stereocenters. The van der Waals surface area contributed by atoms with Gasteiger partial charge in [-0.3, -0.25) is 0 Å². The van der Waals surface area contributed by atoms with Crippen LogP contribution in [0.1, 0.15) is 30.9 Å². The molecule has 16 heavy (non-hydrogen) atoms. The van der Waals surface area contributed by atoms with Crippen molar-refractivity contribution in [1.29, 1.82) is 0 Å². The highest BCUT2D eigenvalue weighted by Gasteiger charge is 2.15. The van der Waals surface area contributed by atoms with Crippen molar-refractivity contribution in [2.24, 2.45) is 11.7 Å². The molecular weight excluding hydrogens is 198 g/mol. The molecule has 0 amide bonds. The summed E-state index contributed by atoms with van der Waals surface area (Å²) in [5, 5.41) is 9.94. The van der Waals surface area contributed by atoms with Gasteiger partial charge in [0, 0.05) is 0 Å². The quantitative estimate of drug-likeness (QED) is 0.774. The smallest absolute Gasteiger partial charge is 0.0583 e. The van der Waals surface area contributed by atoms with E-state index in [0.29, 0.717) is 6.54 Å². The van der Waals surface area contributed by atoms with Crippen molar-refractivity contribution < 1.29 is 5.11 Å². The molecule has 0 radical (unpaired) electrons. The van der Waals surface area contributed by atoms with E-state index in [0.717, 1.165) is 19.3 Å². The molecule has 2 atom stereocenters. The van der Waals surface area contributed by atoms with E-state index in [1.165, 1.54) is 11.1 Å². The van der Waals surface area contributed by atoms with Gasteiger partial charge in [-0.05, 0) is 44.2 Å². The van der Waals surface area contributed by atoms with Gasteiger partial charge in [0.15, 0.2) is 0 Å². The fraction of sp³-hybridized carbons (Fsp3) is 0.571.